The molecule has 1 aromatic rings. The molecule has 0 bridgehead atoms. The number of hydrogen-bond acceptors (Lipinski definition) is 3. The highest BCUT2D eigenvalue weighted by atomic mass is 31.2. The van der Waals surface area contributed by atoms with Gasteiger partial charge in [0.05, 0.1) is 6.61 Å². The van der Waals surface area contributed by atoms with E-state index in [0.29, 0.717) is 12.4 Å². The van der Waals surface area contributed by atoms with Gasteiger partial charge in [-0.1, -0.05) is 24.3 Å². The molecule has 1 atom stereocenters. The van der Waals surface area contributed by atoms with Crippen LogP contribution < -0.4 is 4.52 Å². The second-order valence-corrected chi connectivity index (χ2v) is 5.06. The Morgan fingerprint density at radius 1 is 1.47 bits per heavy atom. The normalized spacial score (nSPS) is 24.1. The monoisotopic (exact) mass is 224 g/mol. The zero-order valence-corrected chi connectivity index (χ0v) is 9.44. The van der Waals surface area contributed by atoms with E-state index in [1.54, 1.807) is 6.92 Å². The topological polar surface area (TPSA) is 35.5 Å². The number of allylic oxidation sites excluding steroid dienone is 1. The van der Waals surface area contributed by atoms with Crippen LogP contribution in [0.4, 0.5) is 0 Å². The minimum atomic E-state index is -3.07. The first kappa shape index (κ1) is 10.5. The van der Waals surface area contributed by atoms with E-state index in [9.17, 15) is 4.57 Å². The maximum Gasteiger partial charge on any atom is 0.403 e. The molecule has 0 N–H and O–H groups in total. The van der Waals surface area contributed by atoms with Crippen LogP contribution in [-0.2, 0) is 15.5 Å². The Kier molecular flexibility index (Phi) is 2.94. The van der Waals surface area contributed by atoms with Gasteiger partial charge in [0.25, 0.3) is 0 Å². The maximum absolute atomic E-state index is 12.1. The van der Waals surface area contributed by atoms with Crippen molar-refractivity contribution >= 4 is 7.60 Å². The molecule has 0 aromatic heterocycles. The summed E-state index contributed by atoms with van der Waals surface area (Å²) in [5, 5.41) is 0. The lowest BCUT2D eigenvalue weighted by Gasteiger charge is -2.14. The van der Waals surface area contributed by atoms with Crippen LogP contribution in [0.5, 0.6) is 5.75 Å². The van der Waals surface area contributed by atoms with Crippen molar-refractivity contribution in [2.75, 3.05) is 6.61 Å². The van der Waals surface area contributed by atoms with E-state index in [-0.39, 0.29) is 0 Å². The van der Waals surface area contributed by atoms with Gasteiger partial charge >= 0.3 is 7.60 Å². The molecule has 3 nitrogen and oxygen atoms in total. The Labute approximate surface area is 89.3 Å². The lowest BCUT2D eigenvalue weighted by molar-refractivity contribution is 0.288. The van der Waals surface area contributed by atoms with E-state index in [2.05, 4.69) is 0 Å². The first-order chi connectivity index (χ1) is 7.23. The summed E-state index contributed by atoms with van der Waals surface area (Å²) >= 11 is 0. The number of para-hydroxylation sites is 1. The fraction of sp³-hybridized carbons (Fsp3) is 0.273. The molecule has 4 heteroatoms. The third-order valence-electron chi connectivity index (χ3n) is 2.13. The van der Waals surface area contributed by atoms with Crippen LogP contribution in [0.25, 0.3) is 0 Å². The SMILES string of the molecule is CCOP1(=O)C=CCc2ccccc2O1. The standard InChI is InChI=1S/C11H13O3P/c1-2-13-15(12)9-5-7-10-6-3-4-8-11(10)14-15/h3-6,8-9H,2,7H2,1H3. The summed E-state index contributed by atoms with van der Waals surface area (Å²) in [5.74, 6) is 2.19. The Bertz CT molecular complexity index is 426. The van der Waals surface area contributed by atoms with Gasteiger partial charge in [0.15, 0.2) is 0 Å². The lowest BCUT2D eigenvalue weighted by atomic mass is 10.1. The molecule has 1 heterocycles. The first-order valence-corrected chi connectivity index (χ1v) is 6.54. The van der Waals surface area contributed by atoms with Crippen molar-refractivity contribution in [3.05, 3.63) is 41.7 Å². The van der Waals surface area contributed by atoms with Gasteiger partial charge in [0, 0.05) is 5.82 Å². The average molecular weight is 224 g/mol. The van der Waals surface area contributed by atoms with E-state index in [4.69, 9.17) is 9.05 Å². The molecule has 0 saturated carbocycles. The summed E-state index contributed by atoms with van der Waals surface area (Å²) in [5.41, 5.74) is 1.03. The van der Waals surface area contributed by atoms with E-state index >= 15 is 0 Å². The van der Waals surface area contributed by atoms with Crippen molar-refractivity contribution in [3.8, 4) is 5.75 Å². The minimum Gasteiger partial charge on any atom is -0.421 e. The molecular weight excluding hydrogens is 211 g/mol. The predicted octanol–water partition coefficient (Wildman–Crippen LogP) is 3.36. The first-order valence-electron chi connectivity index (χ1n) is 4.93. The summed E-state index contributed by atoms with van der Waals surface area (Å²) in [6.45, 7) is 2.18. The Balaban J connectivity index is 2.34. The molecule has 2 rings (SSSR count). The van der Waals surface area contributed by atoms with Crippen LogP contribution in [0.15, 0.2) is 36.2 Å². The van der Waals surface area contributed by atoms with Gasteiger partial charge in [0.1, 0.15) is 5.75 Å². The van der Waals surface area contributed by atoms with Gasteiger partial charge in [-0.15, -0.1) is 0 Å². The molecule has 0 spiro atoms. The van der Waals surface area contributed by atoms with Gasteiger partial charge in [-0.05, 0) is 25.0 Å². The molecular formula is C11H13O3P. The molecule has 80 valence electrons. The summed E-state index contributed by atoms with van der Waals surface area (Å²) in [6, 6.07) is 7.57. The fourth-order valence-corrected chi connectivity index (χ4v) is 2.86. The molecule has 1 aliphatic heterocycles. The van der Waals surface area contributed by atoms with Crippen LogP contribution in [0.3, 0.4) is 0 Å². The zero-order chi connectivity index (χ0) is 10.7. The third kappa shape index (κ3) is 2.31. The molecule has 1 unspecified atom stereocenters. The van der Waals surface area contributed by atoms with Gasteiger partial charge < -0.3 is 4.52 Å². The number of hydrogen-bond donors (Lipinski definition) is 0. The van der Waals surface area contributed by atoms with E-state index in [1.165, 1.54) is 5.82 Å². The second-order valence-electron chi connectivity index (χ2n) is 3.25. The smallest absolute Gasteiger partial charge is 0.403 e. The predicted molar refractivity (Wildman–Crippen MR) is 59.1 cm³/mol. The molecule has 0 radical (unpaired) electrons. The summed E-state index contributed by atoms with van der Waals surface area (Å²) in [4.78, 5) is 0. The van der Waals surface area contributed by atoms with Gasteiger partial charge in [0.2, 0.25) is 0 Å². The highest BCUT2D eigenvalue weighted by Gasteiger charge is 2.24. The fourth-order valence-electron chi connectivity index (χ4n) is 1.49. The lowest BCUT2D eigenvalue weighted by Crippen LogP contribution is -1.95. The van der Waals surface area contributed by atoms with E-state index in [0.717, 1.165) is 12.0 Å². The van der Waals surface area contributed by atoms with Gasteiger partial charge in [-0.25, -0.2) is 4.57 Å². The maximum atomic E-state index is 12.1. The third-order valence-corrected chi connectivity index (χ3v) is 3.78. The molecule has 0 saturated heterocycles. The zero-order valence-electron chi connectivity index (χ0n) is 8.55. The molecule has 15 heavy (non-hydrogen) atoms. The van der Waals surface area contributed by atoms with Gasteiger partial charge in [-0.3, -0.25) is 4.52 Å². The summed E-state index contributed by atoms with van der Waals surface area (Å²) < 4.78 is 22.7. The molecule has 0 fully saturated rings. The van der Waals surface area contributed by atoms with Crippen molar-refractivity contribution < 1.29 is 13.6 Å². The Hall–Kier alpha value is -1.05. The Morgan fingerprint density at radius 2 is 2.27 bits per heavy atom. The summed E-state index contributed by atoms with van der Waals surface area (Å²) in [6.07, 6.45) is 2.56. The van der Waals surface area contributed by atoms with Crippen molar-refractivity contribution in [3.63, 3.8) is 0 Å². The highest BCUT2D eigenvalue weighted by molar-refractivity contribution is 7.57. The number of rotatable bonds is 2. The van der Waals surface area contributed by atoms with Crippen molar-refractivity contribution in [1.29, 1.82) is 0 Å². The van der Waals surface area contributed by atoms with Crippen LogP contribution in [0.1, 0.15) is 12.5 Å². The largest absolute Gasteiger partial charge is 0.421 e. The van der Waals surface area contributed by atoms with Crippen LogP contribution in [0, 0.1) is 0 Å². The summed E-state index contributed by atoms with van der Waals surface area (Å²) in [7, 11) is -3.07. The second kappa shape index (κ2) is 4.21. The number of benzene rings is 1. The molecule has 1 aliphatic rings. The molecule has 0 aliphatic carbocycles. The quantitative estimate of drug-likeness (QED) is 0.722. The Morgan fingerprint density at radius 3 is 3.07 bits per heavy atom. The molecule has 0 amide bonds. The van der Waals surface area contributed by atoms with Crippen molar-refractivity contribution in [2.45, 2.75) is 13.3 Å². The molecule has 1 aromatic carbocycles. The van der Waals surface area contributed by atoms with E-state index < -0.39 is 7.60 Å². The van der Waals surface area contributed by atoms with Gasteiger partial charge in [-0.2, -0.15) is 0 Å². The number of fused-ring (bicyclic) bond motifs is 1. The van der Waals surface area contributed by atoms with Crippen molar-refractivity contribution in [1.82, 2.24) is 0 Å². The van der Waals surface area contributed by atoms with Crippen molar-refractivity contribution in [2.24, 2.45) is 0 Å². The van der Waals surface area contributed by atoms with Crippen LogP contribution in [0.2, 0.25) is 0 Å². The van der Waals surface area contributed by atoms with E-state index in [1.807, 2.05) is 30.3 Å². The minimum absolute atomic E-state index is 0.379. The van der Waals surface area contributed by atoms with Crippen LogP contribution in [-0.4, -0.2) is 6.61 Å². The average Bonchev–Trinajstić information content (AvgIpc) is 2.36. The van der Waals surface area contributed by atoms with Crippen LogP contribution >= 0.6 is 7.60 Å². The highest BCUT2D eigenvalue weighted by Crippen LogP contribution is 2.51.